The van der Waals surface area contributed by atoms with Crippen LogP contribution in [-0.2, 0) is 4.74 Å². The Hall–Kier alpha value is -1.83. The van der Waals surface area contributed by atoms with Gasteiger partial charge in [-0.2, -0.15) is 0 Å². The number of rotatable bonds is 2. The molecular formula is C14H13F4NO3. The largest absolute Gasteiger partial charge is 0.573 e. The third-order valence-electron chi connectivity index (χ3n) is 3.93. The topological polar surface area (TPSA) is 38.8 Å². The quantitative estimate of drug-likeness (QED) is 0.786. The van der Waals surface area contributed by atoms with E-state index in [1.807, 2.05) is 0 Å². The second-order valence-corrected chi connectivity index (χ2v) is 5.46. The molecule has 8 heteroatoms. The van der Waals surface area contributed by atoms with E-state index >= 15 is 0 Å². The summed E-state index contributed by atoms with van der Waals surface area (Å²) in [7, 11) is 0. The van der Waals surface area contributed by atoms with E-state index in [0.29, 0.717) is 32.4 Å². The van der Waals surface area contributed by atoms with Gasteiger partial charge < -0.3 is 14.4 Å². The van der Waals surface area contributed by atoms with Crippen LogP contribution in [0.25, 0.3) is 0 Å². The molecule has 2 fully saturated rings. The van der Waals surface area contributed by atoms with E-state index in [9.17, 15) is 22.4 Å². The maximum atomic E-state index is 13.9. The Balaban J connectivity index is 1.73. The molecule has 2 heterocycles. The molecule has 0 radical (unpaired) electrons. The average molecular weight is 319 g/mol. The molecule has 2 saturated heterocycles. The van der Waals surface area contributed by atoms with Crippen LogP contribution in [-0.4, -0.2) is 43.5 Å². The molecule has 2 aliphatic rings. The van der Waals surface area contributed by atoms with Crippen molar-refractivity contribution in [3.63, 3.8) is 0 Å². The number of ether oxygens (including phenoxy) is 2. The summed E-state index contributed by atoms with van der Waals surface area (Å²) in [5, 5.41) is 0. The van der Waals surface area contributed by atoms with Crippen molar-refractivity contribution in [1.29, 1.82) is 0 Å². The lowest BCUT2D eigenvalue weighted by Gasteiger charge is -2.18. The van der Waals surface area contributed by atoms with Crippen molar-refractivity contribution in [3.05, 3.63) is 29.6 Å². The monoisotopic (exact) mass is 319 g/mol. The van der Waals surface area contributed by atoms with Crippen molar-refractivity contribution in [2.24, 2.45) is 11.8 Å². The normalized spacial score (nSPS) is 24.5. The Morgan fingerprint density at radius 2 is 1.86 bits per heavy atom. The van der Waals surface area contributed by atoms with Gasteiger partial charge in [0.05, 0.1) is 18.8 Å². The first kappa shape index (κ1) is 15.1. The smallest absolute Gasteiger partial charge is 0.406 e. The number of alkyl halides is 3. The number of nitrogens with zero attached hydrogens (tertiary/aromatic N) is 1. The summed E-state index contributed by atoms with van der Waals surface area (Å²) < 4.78 is 59.1. The number of carbonyl (C=O) groups is 1. The van der Waals surface area contributed by atoms with Gasteiger partial charge in [0.25, 0.3) is 5.91 Å². The first-order valence-electron chi connectivity index (χ1n) is 6.76. The fraction of sp³-hybridized carbons (Fsp3) is 0.500. The van der Waals surface area contributed by atoms with Gasteiger partial charge in [-0.3, -0.25) is 4.79 Å². The number of benzene rings is 1. The number of halogens is 4. The van der Waals surface area contributed by atoms with Crippen molar-refractivity contribution < 1.29 is 31.8 Å². The maximum Gasteiger partial charge on any atom is 0.573 e. The number of amides is 1. The highest BCUT2D eigenvalue weighted by Gasteiger charge is 2.39. The molecule has 4 nitrogen and oxygen atoms in total. The predicted molar refractivity (Wildman–Crippen MR) is 66.8 cm³/mol. The highest BCUT2D eigenvalue weighted by atomic mass is 19.4. The van der Waals surface area contributed by atoms with E-state index in [1.54, 1.807) is 0 Å². The summed E-state index contributed by atoms with van der Waals surface area (Å²) in [6, 6.07) is 2.52. The number of hydrogen-bond donors (Lipinski definition) is 0. The van der Waals surface area contributed by atoms with Crippen LogP contribution in [0.3, 0.4) is 0 Å². The summed E-state index contributed by atoms with van der Waals surface area (Å²) in [5.41, 5.74) is -0.254. The fourth-order valence-electron chi connectivity index (χ4n) is 2.89. The zero-order valence-corrected chi connectivity index (χ0v) is 11.4. The molecule has 1 aromatic carbocycles. The minimum absolute atomic E-state index is 0.250. The summed E-state index contributed by atoms with van der Waals surface area (Å²) in [6.45, 7) is 2.11. The van der Waals surface area contributed by atoms with Gasteiger partial charge in [0.15, 0.2) is 0 Å². The number of likely N-dealkylation sites (tertiary alicyclic amines) is 1. The van der Waals surface area contributed by atoms with E-state index in [2.05, 4.69) is 4.74 Å². The number of hydrogen-bond acceptors (Lipinski definition) is 3. The van der Waals surface area contributed by atoms with Crippen LogP contribution in [0.5, 0.6) is 5.75 Å². The van der Waals surface area contributed by atoms with E-state index in [0.717, 1.165) is 12.1 Å². The maximum absolute atomic E-state index is 13.9. The lowest BCUT2D eigenvalue weighted by Crippen LogP contribution is -2.31. The highest BCUT2D eigenvalue weighted by Crippen LogP contribution is 2.31. The minimum Gasteiger partial charge on any atom is -0.406 e. The van der Waals surface area contributed by atoms with Gasteiger partial charge in [-0.05, 0) is 12.1 Å². The Bertz CT molecular complexity index is 578. The van der Waals surface area contributed by atoms with E-state index in [1.165, 1.54) is 4.90 Å². The SMILES string of the molecule is O=C(c1ccc(OC(F)(F)F)cc1F)N1C[C@H]2COC[C@H]2C1. The van der Waals surface area contributed by atoms with Crippen LogP contribution in [0.15, 0.2) is 18.2 Å². The molecule has 0 aromatic heterocycles. The predicted octanol–water partition coefficient (Wildman–Crippen LogP) is 2.44. The van der Waals surface area contributed by atoms with Gasteiger partial charge in [0, 0.05) is 31.0 Å². The zero-order valence-electron chi connectivity index (χ0n) is 11.4. The van der Waals surface area contributed by atoms with Crippen LogP contribution in [0.4, 0.5) is 17.6 Å². The molecule has 0 saturated carbocycles. The Kier molecular flexibility index (Phi) is 3.72. The second kappa shape index (κ2) is 5.42. The summed E-state index contributed by atoms with van der Waals surface area (Å²) in [4.78, 5) is 13.8. The summed E-state index contributed by atoms with van der Waals surface area (Å²) in [5.74, 6) is -1.74. The van der Waals surface area contributed by atoms with Crippen LogP contribution >= 0.6 is 0 Å². The molecule has 1 amide bonds. The van der Waals surface area contributed by atoms with Gasteiger partial charge in [-0.1, -0.05) is 0 Å². The highest BCUT2D eigenvalue weighted by molar-refractivity contribution is 5.94. The molecule has 3 rings (SSSR count). The number of carbonyl (C=O) groups excluding carboxylic acids is 1. The van der Waals surface area contributed by atoms with E-state index in [-0.39, 0.29) is 17.4 Å². The molecular weight excluding hydrogens is 306 g/mol. The first-order valence-corrected chi connectivity index (χ1v) is 6.76. The van der Waals surface area contributed by atoms with Gasteiger partial charge in [-0.25, -0.2) is 4.39 Å². The Morgan fingerprint density at radius 3 is 2.41 bits per heavy atom. The number of fused-ring (bicyclic) bond motifs is 1. The van der Waals surface area contributed by atoms with Gasteiger partial charge in [0.2, 0.25) is 0 Å². The Labute approximate surface area is 123 Å². The molecule has 0 spiro atoms. The average Bonchev–Trinajstić information content (AvgIpc) is 2.96. The van der Waals surface area contributed by atoms with Crippen molar-refractivity contribution in [3.8, 4) is 5.75 Å². The molecule has 2 aliphatic heterocycles. The van der Waals surface area contributed by atoms with Crippen LogP contribution in [0, 0.1) is 17.7 Å². The van der Waals surface area contributed by atoms with Gasteiger partial charge >= 0.3 is 6.36 Å². The van der Waals surface area contributed by atoms with Crippen molar-refractivity contribution in [2.45, 2.75) is 6.36 Å². The lowest BCUT2D eigenvalue weighted by molar-refractivity contribution is -0.274. The van der Waals surface area contributed by atoms with Crippen molar-refractivity contribution in [2.75, 3.05) is 26.3 Å². The minimum atomic E-state index is -4.90. The standard InChI is InChI=1S/C14H13F4NO3/c15-12-3-10(22-14(16,17)18)1-2-11(12)13(20)19-4-8-6-21-7-9(8)5-19/h1-3,8-9H,4-7H2/t8-,9+. The Morgan fingerprint density at radius 1 is 1.23 bits per heavy atom. The van der Waals surface area contributed by atoms with Crippen molar-refractivity contribution >= 4 is 5.91 Å². The molecule has 0 N–H and O–H groups in total. The summed E-state index contributed by atoms with van der Waals surface area (Å²) in [6.07, 6.45) is -4.90. The zero-order chi connectivity index (χ0) is 15.9. The molecule has 120 valence electrons. The van der Waals surface area contributed by atoms with Crippen LogP contribution in [0.2, 0.25) is 0 Å². The molecule has 0 bridgehead atoms. The van der Waals surface area contributed by atoms with Crippen LogP contribution < -0.4 is 4.74 Å². The van der Waals surface area contributed by atoms with E-state index < -0.39 is 23.8 Å². The van der Waals surface area contributed by atoms with Gasteiger partial charge in [-0.15, -0.1) is 13.2 Å². The third kappa shape index (κ3) is 3.01. The van der Waals surface area contributed by atoms with Gasteiger partial charge in [0.1, 0.15) is 11.6 Å². The second-order valence-electron chi connectivity index (χ2n) is 5.46. The molecule has 2 atom stereocenters. The lowest BCUT2D eigenvalue weighted by atomic mass is 10.0. The molecule has 0 aliphatic carbocycles. The molecule has 0 unspecified atom stereocenters. The van der Waals surface area contributed by atoms with Crippen LogP contribution in [0.1, 0.15) is 10.4 Å². The summed E-state index contributed by atoms with van der Waals surface area (Å²) >= 11 is 0. The van der Waals surface area contributed by atoms with Crippen molar-refractivity contribution in [1.82, 2.24) is 4.90 Å². The van der Waals surface area contributed by atoms with E-state index in [4.69, 9.17) is 4.74 Å². The third-order valence-corrected chi connectivity index (χ3v) is 3.93. The molecule has 22 heavy (non-hydrogen) atoms. The first-order chi connectivity index (χ1) is 10.3. The molecule has 1 aromatic rings. The fourth-order valence-corrected chi connectivity index (χ4v) is 2.89.